The van der Waals surface area contributed by atoms with Gasteiger partial charge in [-0.3, -0.25) is 0 Å². The van der Waals surface area contributed by atoms with Crippen LogP contribution in [0.1, 0.15) is 47.5 Å². The summed E-state index contributed by atoms with van der Waals surface area (Å²) in [7, 11) is -2.48. The molecule has 0 amide bonds. The summed E-state index contributed by atoms with van der Waals surface area (Å²) >= 11 is 0. The molecule has 0 rings (SSSR count). The molecule has 0 aromatic carbocycles. The van der Waals surface area contributed by atoms with Crippen LogP contribution in [-0.4, -0.2) is 19.8 Å². The SMILES string of the molecule is C=CC(C)(CC)O[Si](C=C)(CC)OC(C)(C=C)CC. The highest BCUT2D eigenvalue weighted by molar-refractivity contribution is 6.72. The Bertz CT molecular complexity index is 303. The Morgan fingerprint density at radius 1 is 0.895 bits per heavy atom. The van der Waals surface area contributed by atoms with Crippen molar-refractivity contribution < 1.29 is 8.85 Å². The molecular formula is C16H30O2Si. The van der Waals surface area contributed by atoms with Gasteiger partial charge in [0.05, 0.1) is 11.2 Å². The molecule has 0 bridgehead atoms. The third-order valence-corrected chi connectivity index (χ3v) is 7.11. The first-order chi connectivity index (χ1) is 8.78. The van der Waals surface area contributed by atoms with Crippen molar-refractivity contribution in [1.29, 1.82) is 0 Å². The molecule has 0 aliphatic rings. The van der Waals surface area contributed by atoms with Crippen LogP contribution >= 0.6 is 0 Å². The van der Waals surface area contributed by atoms with Gasteiger partial charge in [-0.1, -0.05) is 32.9 Å². The molecule has 2 unspecified atom stereocenters. The van der Waals surface area contributed by atoms with Gasteiger partial charge in [0.1, 0.15) is 0 Å². The van der Waals surface area contributed by atoms with E-state index in [-0.39, 0.29) is 11.2 Å². The van der Waals surface area contributed by atoms with Gasteiger partial charge in [0.15, 0.2) is 0 Å². The van der Waals surface area contributed by atoms with E-state index in [0.717, 1.165) is 18.9 Å². The summed E-state index contributed by atoms with van der Waals surface area (Å²) in [4.78, 5) is 0. The first-order valence-corrected chi connectivity index (χ1v) is 9.19. The van der Waals surface area contributed by atoms with E-state index in [1.807, 2.05) is 31.7 Å². The Balaban J connectivity index is 5.32. The van der Waals surface area contributed by atoms with Crippen molar-refractivity contribution >= 4 is 8.56 Å². The first kappa shape index (κ1) is 18.4. The summed E-state index contributed by atoms with van der Waals surface area (Å²) in [5.74, 6) is 0. The van der Waals surface area contributed by atoms with Gasteiger partial charge in [-0.15, -0.1) is 19.7 Å². The van der Waals surface area contributed by atoms with Crippen molar-refractivity contribution in [2.45, 2.75) is 64.7 Å². The molecule has 0 spiro atoms. The van der Waals surface area contributed by atoms with E-state index in [9.17, 15) is 0 Å². The average Bonchev–Trinajstić information content (AvgIpc) is 2.46. The molecule has 0 radical (unpaired) electrons. The molecule has 2 atom stereocenters. The summed E-state index contributed by atoms with van der Waals surface area (Å²) in [5, 5.41) is 0. The molecule has 0 aromatic heterocycles. The number of hydrogen-bond donors (Lipinski definition) is 0. The van der Waals surface area contributed by atoms with Gasteiger partial charge < -0.3 is 8.85 Å². The zero-order chi connectivity index (χ0) is 15.2. The largest absolute Gasteiger partial charge is 0.382 e. The predicted octanol–water partition coefficient (Wildman–Crippen LogP) is 4.92. The Morgan fingerprint density at radius 3 is 1.42 bits per heavy atom. The molecule has 0 fully saturated rings. The normalized spacial score (nSPS) is 20.7. The molecule has 0 aromatic rings. The van der Waals surface area contributed by atoms with Crippen LogP contribution in [0.2, 0.25) is 6.04 Å². The Hall–Kier alpha value is -0.643. The van der Waals surface area contributed by atoms with E-state index in [1.165, 1.54) is 0 Å². The quantitative estimate of drug-likeness (QED) is 0.418. The van der Waals surface area contributed by atoms with Crippen LogP contribution in [-0.2, 0) is 8.85 Å². The van der Waals surface area contributed by atoms with Crippen molar-refractivity contribution in [3.8, 4) is 0 Å². The van der Waals surface area contributed by atoms with Crippen LogP contribution in [0.4, 0.5) is 0 Å². The lowest BCUT2D eigenvalue weighted by Crippen LogP contribution is -2.51. The topological polar surface area (TPSA) is 18.5 Å². The van der Waals surface area contributed by atoms with E-state index in [2.05, 4.69) is 40.5 Å². The van der Waals surface area contributed by atoms with E-state index in [0.29, 0.717) is 0 Å². The van der Waals surface area contributed by atoms with Crippen LogP contribution in [0.15, 0.2) is 37.6 Å². The second kappa shape index (κ2) is 7.22. The van der Waals surface area contributed by atoms with Gasteiger partial charge in [-0.25, -0.2) is 0 Å². The maximum absolute atomic E-state index is 6.35. The van der Waals surface area contributed by atoms with Gasteiger partial charge in [-0.2, -0.15) is 0 Å². The fourth-order valence-corrected chi connectivity index (χ4v) is 4.52. The molecule has 19 heavy (non-hydrogen) atoms. The smallest absolute Gasteiger partial charge is 0.365 e. The monoisotopic (exact) mass is 282 g/mol. The second-order valence-electron chi connectivity index (χ2n) is 5.31. The van der Waals surface area contributed by atoms with Crippen LogP contribution in [0.5, 0.6) is 0 Å². The molecular weight excluding hydrogens is 252 g/mol. The second-order valence-corrected chi connectivity index (χ2v) is 8.46. The van der Waals surface area contributed by atoms with Gasteiger partial charge in [-0.05, 0) is 38.4 Å². The third-order valence-electron chi connectivity index (χ3n) is 3.88. The van der Waals surface area contributed by atoms with Crippen molar-refractivity contribution in [1.82, 2.24) is 0 Å². The van der Waals surface area contributed by atoms with E-state index in [4.69, 9.17) is 8.85 Å². The molecule has 2 nitrogen and oxygen atoms in total. The van der Waals surface area contributed by atoms with Gasteiger partial charge in [0, 0.05) is 0 Å². The predicted molar refractivity (Wildman–Crippen MR) is 86.4 cm³/mol. The van der Waals surface area contributed by atoms with Crippen molar-refractivity contribution in [2.24, 2.45) is 0 Å². The van der Waals surface area contributed by atoms with Gasteiger partial charge >= 0.3 is 8.56 Å². The first-order valence-electron chi connectivity index (χ1n) is 7.09. The summed E-state index contributed by atoms with van der Waals surface area (Å²) in [5.41, 5.74) is 1.14. The maximum atomic E-state index is 6.35. The highest BCUT2D eigenvalue weighted by Gasteiger charge is 2.42. The molecule has 0 saturated carbocycles. The fourth-order valence-electron chi connectivity index (χ4n) is 1.70. The zero-order valence-electron chi connectivity index (χ0n) is 13.3. The summed E-state index contributed by atoms with van der Waals surface area (Å²) in [6.07, 6.45) is 5.43. The standard InChI is InChI=1S/C16H30O2Si/c1-9-15(7,10-2)17-19(13-5,14-6)18-16(8,11-3)12-4/h9,11,13H,1,3,5,10,12,14H2,2,4,6-8H3. The van der Waals surface area contributed by atoms with Crippen molar-refractivity contribution in [3.05, 3.63) is 37.6 Å². The highest BCUT2D eigenvalue weighted by atomic mass is 28.4. The fraction of sp³-hybridized carbons (Fsp3) is 0.625. The average molecular weight is 282 g/mol. The molecule has 0 aliphatic heterocycles. The summed E-state index contributed by atoms with van der Waals surface area (Å²) in [6, 6.07) is 0.823. The Labute approximate surface area is 120 Å². The number of hydrogen-bond acceptors (Lipinski definition) is 2. The lowest BCUT2D eigenvalue weighted by atomic mass is 10.1. The lowest BCUT2D eigenvalue weighted by Gasteiger charge is -2.41. The lowest BCUT2D eigenvalue weighted by molar-refractivity contribution is 0.0277. The Morgan fingerprint density at radius 2 is 1.26 bits per heavy atom. The molecule has 3 heteroatoms. The van der Waals surface area contributed by atoms with Crippen LogP contribution in [0.25, 0.3) is 0 Å². The van der Waals surface area contributed by atoms with E-state index < -0.39 is 8.56 Å². The maximum Gasteiger partial charge on any atom is 0.365 e. The third kappa shape index (κ3) is 4.75. The number of rotatable bonds is 10. The van der Waals surface area contributed by atoms with Gasteiger partial charge in [0.2, 0.25) is 0 Å². The highest BCUT2D eigenvalue weighted by Crippen LogP contribution is 2.31. The van der Waals surface area contributed by atoms with Crippen molar-refractivity contribution in [2.75, 3.05) is 0 Å². The Kier molecular flexibility index (Phi) is 6.98. The molecule has 0 N–H and O–H groups in total. The molecule has 0 heterocycles. The minimum Gasteiger partial charge on any atom is -0.382 e. The van der Waals surface area contributed by atoms with E-state index in [1.54, 1.807) is 0 Å². The van der Waals surface area contributed by atoms with E-state index >= 15 is 0 Å². The molecule has 0 saturated heterocycles. The van der Waals surface area contributed by atoms with Gasteiger partial charge in [0.25, 0.3) is 0 Å². The summed E-state index contributed by atoms with van der Waals surface area (Å²) < 4.78 is 12.7. The zero-order valence-corrected chi connectivity index (χ0v) is 14.3. The van der Waals surface area contributed by atoms with Crippen LogP contribution in [0.3, 0.4) is 0 Å². The minimum absolute atomic E-state index is 0.369. The molecule has 110 valence electrons. The van der Waals surface area contributed by atoms with Crippen LogP contribution in [0, 0.1) is 0 Å². The molecule has 0 aliphatic carbocycles. The van der Waals surface area contributed by atoms with Crippen molar-refractivity contribution in [3.63, 3.8) is 0 Å². The minimum atomic E-state index is -2.48. The summed E-state index contributed by atoms with van der Waals surface area (Å²) in [6.45, 7) is 22.1. The van der Waals surface area contributed by atoms with Crippen LogP contribution < -0.4 is 0 Å².